The molecule has 1 fully saturated rings. The number of nitrogens with zero attached hydrogens (tertiary/aromatic N) is 2. The zero-order valence-corrected chi connectivity index (χ0v) is 18.8. The Morgan fingerprint density at radius 3 is 2.46 bits per heavy atom. The highest BCUT2D eigenvalue weighted by atomic mass is 35.5. The van der Waals surface area contributed by atoms with E-state index in [1.807, 2.05) is 0 Å². The lowest BCUT2D eigenvalue weighted by Crippen LogP contribution is -2.53. The quantitative estimate of drug-likeness (QED) is 0.509. The fourth-order valence-electron chi connectivity index (χ4n) is 4.13. The number of hydrogen-bond donors (Lipinski definition) is 1. The van der Waals surface area contributed by atoms with Crippen LogP contribution in [0.3, 0.4) is 0 Å². The van der Waals surface area contributed by atoms with E-state index in [-0.39, 0.29) is 39.4 Å². The number of alkyl halides is 2. The van der Waals surface area contributed by atoms with E-state index in [9.17, 15) is 28.0 Å². The smallest absolute Gasteiger partial charge is 0.348 e. The molecule has 3 unspecified atom stereocenters. The number of amides is 4. The van der Waals surface area contributed by atoms with Gasteiger partial charge < -0.3 is 9.71 Å². The summed E-state index contributed by atoms with van der Waals surface area (Å²) in [5.41, 5.74) is -0.0200. The van der Waals surface area contributed by atoms with Gasteiger partial charge in [-0.15, -0.1) is 0 Å². The van der Waals surface area contributed by atoms with Crippen molar-refractivity contribution in [1.29, 1.82) is 0 Å². The van der Waals surface area contributed by atoms with Gasteiger partial charge in [-0.25, -0.2) is 0 Å². The van der Waals surface area contributed by atoms with Gasteiger partial charge in [0.2, 0.25) is 19.8 Å². The third-order valence-corrected chi connectivity index (χ3v) is 6.31. The molecule has 35 heavy (non-hydrogen) atoms. The second-order valence-corrected chi connectivity index (χ2v) is 8.65. The lowest BCUT2D eigenvalue weighted by atomic mass is 9.81. The first-order valence-corrected chi connectivity index (χ1v) is 10.8. The molecule has 4 amide bonds. The van der Waals surface area contributed by atoms with E-state index in [0.29, 0.717) is 0 Å². The average Bonchev–Trinajstić information content (AvgIpc) is 3.07. The van der Waals surface area contributed by atoms with Crippen LogP contribution in [0.1, 0.15) is 51.8 Å². The van der Waals surface area contributed by atoms with Gasteiger partial charge in [0.1, 0.15) is 21.7 Å². The van der Waals surface area contributed by atoms with Crippen LogP contribution in [0.2, 0.25) is 5.02 Å². The van der Waals surface area contributed by atoms with Crippen molar-refractivity contribution in [2.24, 2.45) is 0 Å². The number of imide groups is 1. The highest BCUT2D eigenvalue weighted by molar-refractivity contribution is 6.30. The topological polar surface area (TPSA) is 86.8 Å². The van der Waals surface area contributed by atoms with Crippen LogP contribution in [-0.2, 0) is 20.3 Å². The summed E-state index contributed by atoms with van der Waals surface area (Å²) in [5.74, 6) is -9.92. The number of hydrogen-bond acceptors (Lipinski definition) is 4. The number of piperidine rings is 1. The summed E-state index contributed by atoms with van der Waals surface area (Å²) in [4.78, 5) is 50.5. The number of nitrogens with one attached hydrogen (secondary N) is 1. The van der Waals surface area contributed by atoms with Gasteiger partial charge in [0.15, 0.2) is 0 Å². The van der Waals surface area contributed by atoms with Crippen LogP contribution in [0.25, 0.3) is 0 Å². The Hall–Kier alpha value is -3.14. The third kappa shape index (κ3) is 4.35. The summed E-state index contributed by atoms with van der Waals surface area (Å²) in [5, 5.41) is 2.39. The molecule has 2 aromatic carbocycles. The molecule has 2 heterocycles. The Balaban J connectivity index is 1.57. The summed E-state index contributed by atoms with van der Waals surface area (Å²) in [7, 11) is 17.9. The van der Waals surface area contributed by atoms with Gasteiger partial charge in [-0.3, -0.25) is 24.5 Å². The molecule has 4 rings (SSSR count). The molecule has 1 saturated heterocycles. The minimum atomic E-state index is -3.98. The normalized spacial score (nSPS) is 20.9. The number of carbonyl (C=O) groups is 4. The van der Waals surface area contributed by atoms with E-state index in [0.717, 1.165) is 17.0 Å². The second kappa shape index (κ2) is 9.15. The van der Waals surface area contributed by atoms with Crippen molar-refractivity contribution in [2.75, 3.05) is 0 Å². The molecule has 0 bridgehead atoms. The monoisotopic (exact) mass is 491 g/mol. The highest BCUT2D eigenvalue weighted by Gasteiger charge is 2.45. The Morgan fingerprint density at radius 1 is 1.17 bits per heavy atom. The Bertz CT molecular complexity index is 1230. The maximum Gasteiger partial charge on any atom is 0.348 e. The molecule has 2 aromatic rings. The average molecular weight is 491 g/mol. The molecule has 3 atom stereocenters. The van der Waals surface area contributed by atoms with E-state index < -0.39 is 53.0 Å². The van der Waals surface area contributed by atoms with Crippen molar-refractivity contribution in [3.63, 3.8) is 0 Å². The van der Waals surface area contributed by atoms with E-state index in [1.165, 1.54) is 30.3 Å². The largest absolute Gasteiger partial charge is 0.393 e. The van der Waals surface area contributed by atoms with Gasteiger partial charge in [-0.1, -0.05) is 35.9 Å². The van der Waals surface area contributed by atoms with Crippen LogP contribution in [-0.4, -0.2) is 63.1 Å². The number of benzene rings is 2. The maximum absolute atomic E-state index is 14.8. The molecule has 2 aliphatic heterocycles. The molecule has 7 nitrogen and oxygen atoms in total. The number of fused-ring (bicyclic) bond motifs is 1. The molecule has 0 spiro atoms. The minimum absolute atomic E-state index is 0.0471. The van der Waals surface area contributed by atoms with Crippen LogP contribution >= 0.6 is 11.6 Å². The molecule has 13 heteroatoms. The van der Waals surface area contributed by atoms with Gasteiger partial charge in [-0.2, -0.15) is 8.78 Å². The van der Waals surface area contributed by atoms with Crippen LogP contribution in [0.15, 0.2) is 42.5 Å². The zero-order chi connectivity index (χ0) is 25.7. The summed E-state index contributed by atoms with van der Waals surface area (Å²) < 4.78 is 29.5. The molecule has 0 saturated carbocycles. The van der Waals surface area contributed by atoms with Crippen molar-refractivity contribution < 1.29 is 28.0 Å². The summed E-state index contributed by atoms with van der Waals surface area (Å²) in [6, 6.07) is 7.58. The summed E-state index contributed by atoms with van der Waals surface area (Å²) >= 11 is 5.72. The Labute approximate surface area is 208 Å². The van der Waals surface area contributed by atoms with Crippen molar-refractivity contribution in [3.8, 4) is 0 Å². The fraction of sp³-hybridized carbons (Fsp3) is 0.273. The molecule has 0 aromatic heterocycles. The summed E-state index contributed by atoms with van der Waals surface area (Å²) in [6.07, 6.45) is 0.154. The molecule has 0 aliphatic carbocycles. The highest BCUT2D eigenvalue weighted by Crippen LogP contribution is 2.38. The first kappa shape index (κ1) is 25.0. The lowest BCUT2D eigenvalue weighted by Gasteiger charge is -2.33. The fourth-order valence-corrected chi connectivity index (χ4v) is 4.26. The van der Waals surface area contributed by atoms with Crippen molar-refractivity contribution in [2.45, 2.75) is 36.7 Å². The summed E-state index contributed by atoms with van der Waals surface area (Å²) in [6.45, 7) is 0. The lowest BCUT2D eigenvalue weighted by molar-refractivity contribution is -0.154. The van der Waals surface area contributed by atoms with Gasteiger partial charge in [0.05, 0.1) is 0 Å². The third-order valence-electron chi connectivity index (χ3n) is 6.06. The Kier molecular flexibility index (Phi) is 6.53. The van der Waals surface area contributed by atoms with Crippen molar-refractivity contribution in [1.82, 2.24) is 15.0 Å². The van der Waals surface area contributed by atoms with Gasteiger partial charge in [0.25, 0.3) is 11.8 Å². The van der Waals surface area contributed by atoms with Crippen molar-refractivity contribution >= 4 is 58.9 Å². The molecular weight excluding hydrogens is 476 g/mol. The second-order valence-electron chi connectivity index (χ2n) is 8.21. The predicted octanol–water partition coefficient (Wildman–Crippen LogP) is 1.64. The van der Waals surface area contributed by atoms with E-state index in [4.69, 9.17) is 35.3 Å². The van der Waals surface area contributed by atoms with Gasteiger partial charge in [-0.05, 0) is 35.7 Å². The molecule has 172 valence electrons. The molecule has 1 N–H and O–H groups in total. The number of rotatable bonds is 5. The number of halogens is 3. The van der Waals surface area contributed by atoms with Crippen LogP contribution in [0.5, 0.6) is 0 Å². The van der Waals surface area contributed by atoms with E-state index >= 15 is 0 Å². The first-order valence-electron chi connectivity index (χ1n) is 10.5. The predicted molar refractivity (Wildman–Crippen MR) is 124 cm³/mol. The van der Waals surface area contributed by atoms with Crippen LogP contribution in [0, 0.1) is 0 Å². The molecule has 2 aliphatic rings. The first-order chi connectivity index (χ1) is 16.4. The van der Waals surface area contributed by atoms with E-state index in [1.54, 1.807) is 0 Å². The van der Waals surface area contributed by atoms with E-state index in [2.05, 4.69) is 5.32 Å². The van der Waals surface area contributed by atoms with Gasteiger partial charge in [0, 0.05) is 34.5 Å². The van der Waals surface area contributed by atoms with Crippen molar-refractivity contribution in [3.05, 3.63) is 69.7 Å². The molecular formula is C22H15B3ClF2N3O4. The zero-order valence-electron chi connectivity index (χ0n) is 18.1. The van der Waals surface area contributed by atoms with Crippen LogP contribution in [0.4, 0.5) is 8.78 Å². The SMILES string of the molecule is [B]C(c1ccc2c(c1)C([B])N(C1CCC(=O)NC1=O)C2=O)N([B])C(=O)C(F)(F)c1ccc(Cl)cc1. The van der Waals surface area contributed by atoms with Crippen LogP contribution < -0.4 is 5.32 Å². The standard InChI is InChI=1S/C22H15B3ClF2N3O4/c23-17(31(25)21(35)22(27,28)11-2-4-12(26)5-3-11)10-1-6-13-14(9-10)18(24)30(20(13)34)15-7-8-16(32)29-19(15)33/h1-6,9,15,17-18H,7-8H2,(H,29,32,33). The number of carbonyl (C=O) groups excluding carboxylic acids is 4. The molecule has 6 radical (unpaired) electrons. The van der Waals surface area contributed by atoms with Gasteiger partial charge >= 0.3 is 5.92 Å². The minimum Gasteiger partial charge on any atom is -0.393 e. The Morgan fingerprint density at radius 2 is 1.83 bits per heavy atom. The maximum atomic E-state index is 14.8.